The number of amides is 2. The fourth-order valence-electron chi connectivity index (χ4n) is 2.44. The fourth-order valence-corrected chi connectivity index (χ4v) is 3.32. The van der Waals surface area contributed by atoms with Gasteiger partial charge in [-0.25, -0.2) is 18.4 Å². The van der Waals surface area contributed by atoms with Crippen molar-refractivity contribution in [1.82, 2.24) is 4.90 Å². The van der Waals surface area contributed by atoms with Crippen molar-refractivity contribution >= 4 is 27.8 Å². The molecule has 0 saturated carbocycles. The Balaban J connectivity index is 2.14. The normalized spacial score (nSPS) is 14.8. The predicted molar refractivity (Wildman–Crippen MR) is 83.5 cm³/mol. The number of imide groups is 1. The Bertz CT molecular complexity index is 815. The van der Waals surface area contributed by atoms with E-state index in [1.54, 1.807) is 13.8 Å². The molecule has 0 aromatic heterocycles. The fraction of sp³-hybridized carbons (Fsp3) is 0.400. The average molecular weight is 354 g/mol. The highest BCUT2D eigenvalue weighted by Gasteiger charge is 2.27. The molecule has 8 nitrogen and oxygen atoms in total. The Labute approximate surface area is 139 Å². The Kier molecular flexibility index (Phi) is 5.05. The molecule has 2 N–H and O–H groups in total. The van der Waals surface area contributed by atoms with Gasteiger partial charge in [0.15, 0.2) is 6.61 Å². The predicted octanol–water partition coefficient (Wildman–Crippen LogP) is 0.257. The van der Waals surface area contributed by atoms with Crippen LogP contribution in [0.4, 0.5) is 0 Å². The molecule has 2 amide bonds. The van der Waals surface area contributed by atoms with Crippen molar-refractivity contribution in [3.05, 3.63) is 28.8 Å². The molecule has 1 aliphatic rings. The van der Waals surface area contributed by atoms with Crippen molar-refractivity contribution in [2.75, 3.05) is 13.2 Å². The quantitative estimate of drug-likeness (QED) is 0.773. The molecule has 0 aliphatic carbocycles. The number of nitrogens with two attached hydrogens (primary N) is 1. The molecule has 1 aromatic rings. The number of sulfonamides is 1. The van der Waals surface area contributed by atoms with E-state index in [1.807, 2.05) is 0 Å². The lowest BCUT2D eigenvalue weighted by molar-refractivity contribution is -0.143. The van der Waals surface area contributed by atoms with E-state index >= 15 is 0 Å². The number of ether oxygens (including phenoxy) is 1. The molecule has 1 saturated heterocycles. The Morgan fingerprint density at radius 2 is 1.96 bits per heavy atom. The maximum Gasteiger partial charge on any atom is 0.338 e. The second kappa shape index (κ2) is 6.70. The number of nitrogens with zero attached hydrogens (tertiary/aromatic N) is 1. The lowest BCUT2D eigenvalue weighted by Crippen LogP contribution is -2.35. The topological polar surface area (TPSA) is 124 Å². The monoisotopic (exact) mass is 354 g/mol. The molecule has 0 spiro atoms. The van der Waals surface area contributed by atoms with Gasteiger partial charge in [-0.2, -0.15) is 0 Å². The molecule has 24 heavy (non-hydrogen) atoms. The van der Waals surface area contributed by atoms with E-state index in [1.165, 1.54) is 6.07 Å². The zero-order valence-electron chi connectivity index (χ0n) is 13.4. The summed E-state index contributed by atoms with van der Waals surface area (Å²) in [5.74, 6) is -1.75. The minimum Gasteiger partial charge on any atom is -0.452 e. The van der Waals surface area contributed by atoms with Crippen LogP contribution in [0.15, 0.2) is 17.0 Å². The molecule has 1 fully saturated rings. The molecule has 1 aliphatic heterocycles. The number of likely N-dealkylation sites (tertiary alicyclic amines) is 1. The van der Waals surface area contributed by atoms with E-state index in [0.29, 0.717) is 30.5 Å². The molecule has 0 unspecified atom stereocenters. The van der Waals surface area contributed by atoms with Crippen LogP contribution in [0.25, 0.3) is 0 Å². The number of carbonyl (C=O) groups excluding carboxylic acids is 3. The van der Waals surface area contributed by atoms with E-state index in [-0.39, 0.29) is 16.4 Å². The van der Waals surface area contributed by atoms with Crippen LogP contribution in [0.2, 0.25) is 0 Å². The van der Waals surface area contributed by atoms with Gasteiger partial charge in [0, 0.05) is 13.0 Å². The van der Waals surface area contributed by atoms with E-state index in [4.69, 9.17) is 9.88 Å². The van der Waals surface area contributed by atoms with Gasteiger partial charge in [0.1, 0.15) is 0 Å². The first-order chi connectivity index (χ1) is 11.1. The van der Waals surface area contributed by atoms with Gasteiger partial charge in [-0.05, 0) is 43.5 Å². The minimum atomic E-state index is -3.99. The molecule has 1 aromatic carbocycles. The summed E-state index contributed by atoms with van der Waals surface area (Å²) < 4.78 is 28.1. The summed E-state index contributed by atoms with van der Waals surface area (Å²) in [5.41, 5.74) is 0.963. The first-order valence-corrected chi connectivity index (χ1v) is 8.80. The zero-order valence-corrected chi connectivity index (χ0v) is 14.2. The van der Waals surface area contributed by atoms with E-state index in [0.717, 1.165) is 11.0 Å². The van der Waals surface area contributed by atoms with Gasteiger partial charge in [-0.15, -0.1) is 0 Å². The molecule has 0 bridgehead atoms. The standard InChI is InChI=1S/C15H18N2O6S/c1-9-6-11(7-12(10(9)2)24(16,21)22)15(20)23-8-14(19)17-5-3-4-13(17)18/h6-7H,3-5,8H2,1-2H3,(H2,16,21,22). The van der Waals surface area contributed by atoms with Crippen LogP contribution in [0.1, 0.15) is 34.3 Å². The lowest BCUT2D eigenvalue weighted by atomic mass is 10.1. The summed E-state index contributed by atoms with van der Waals surface area (Å²) in [6.45, 7) is 2.94. The third-order valence-corrected chi connectivity index (χ3v) is 4.90. The molecule has 0 atom stereocenters. The van der Waals surface area contributed by atoms with Gasteiger partial charge < -0.3 is 4.74 Å². The zero-order chi connectivity index (χ0) is 18.1. The first kappa shape index (κ1) is 18.1. The maximum absolute atomic E-state index is 12.1. The van der Waals surface area contributed by atoms with Gasteiger partial charge in [0.2, 0.25) is 15.9 Å². The number of benzene rings is 1. The lowest BCUT2D eigenvalue weighted by Gasteiger charge is -2.14. The van der Waals surface area contributed by atoms with Crippen LogP contribution in [-0.4, -0.2) is 44.3 Å². The number of aryl methyl sites for hydroxylation is 1. The Hall–Kier alpha value is -2.26. The number of hydrogen-bond donors (Lipinski definition) is 1. The summed E-state index contributed by atoms with van der Waals surface area (Å²) in [7, 11) is -3.99. The van der Waals surface area contributed by atoms with Crippen molar-refractivity contribution < 1.29 is 27.5 Å². The van der Waals surface area contributed by atoms with Crippen molar-refractivity contribution in [3.8, 4) is 0 Å². The molecular weight excluding hydrogens is 336 g/mol. The highest BCUT2D eigenvalue weighted by molar-refractivity contribution is 7.89. The van der Waals surface area contributed by atoms with Crippen LogP contribution in [0.3, 0.4) is 0 Å². The molecule has 0 radical (unpaired) electrons. The molecule has 9 heteroatoms. The number of esters is 1. The summed E-state index contributed by atoms with van der Waals surface area (Å²) in [6, 6.07) is 2.57. The van der Waals surface area contributed by atoms with Crippen LogP contribution in [0.5, 0.6) is 0 Å². The van der Waals surface area contributed by atoms with Crippen LogP contribution >= 0.6 is 0 Å². The second-order valence-electron chi connectivity index (χ2n) is 5.58. The van der Waals surface area contributed by atoms with Crippen LogP contribution in [-0.2, 0) is 24.3 Å². The Morgan fingerprint density at radius 1 is 1.29 bits per heavy atom. The van der Waals surface area contributed by atoms with Gasteiger partial charge in [-0.1, -0.05) is 0 Å². The maximum atomic E-state index is 12.1. The number of carbonyl (C=O) groups is 3. The third kappa shape index (κ3) is 3.80. The SMILES string of the molecule is Cc1cc(C(=O)OCC(=O)N2CCCC2=O)cc(S(N)(=O)=O)c1C. The highest BCUT2D eigenvalue weighted by Crippen LogP contribution is 2.20. The van der Waals surface area contributed by atoms with E-state index < -0.39 is 28.5 Å². The molecular formula is C15H18N2O6S. The number of primary sulfonamides is 1. The average Bonchev–Trinajstić information content (AvgIpc) is 2.92. The van der Waals surface area contributed by atoms with Gasteiger partial charge >= 0.3 is 5.97 Å². The second-order valence-corrected chi connectivity index (χ2v) is 7.11. The summed E-state index contributed by atoms with van der Waals surface area (Å²) in [4.78, 5) is 36.3. The van der Waals surface area contributed by atoms with Crippen molar-refractivity contribution in [2.24, 2.45) is 5.14 Å². The molecule has 2 rings (SSSR count). The number of hydrogen-bond acceptors (Lipinski definition) is 6. The van der Waals surface area contributed by atoms with Gasteiger partial charge in [0.05, 0.1) is 10.5 Å². The summed E-state index contributed by atoms with van der Waals surface area (Å²) in [5, 5.41) is 5.14. The van der Waals surface area contributed by atoms with Crippen LogP contribution < -0.4 is 5.14 Å². The first-order valence-electron chi connectivity index (χ1n) is 7.25. The minimum absolute atomic E-state index is 0.0253. The smallest absolute Gasteiger partial charge is 0.338 e. The van der Waals surface area contributed by atoms with E-state index in [9.17, 15) is 22.8 Å². The van der Waals surface area contributed by atoms with Crippen LogP contribution in [0, 0.1) is 13.8 Å². The van der Waals surface area contributed by atoms with Crippen molar-refractivity contribution in [3.63, 3.8) is 0 Å². The van der Waals surface area contributed by atoms with Gasteiger partial charge in [-0.3, -0.25) is 14.5 Å². The highest BCUT2D eigenvalue weighted by atomic mass is 32.2. The number of rotatable bonds is 4. The third-order valence-electron chi connectivity index (χ3n) is 3.86. The van der Waals surface area contributed by atoms with Crippen molar-refractivity contribution in [2.45, 2.75) is 31.6 Å². The molecule has 1 heterocycles. The van der Waals surface area contributed by atoms with Crippen molar-refractivity contribution in [1.29, 1.82) is 0 Å². The van der Waals surface area contributed by atoms with Gasteiger partial charge in [0.25, 0.3) is 5.91 Å². The Morgan fingerprint density at radius 3 is 2.50 bits per heavy atom. The molecule has 130 valence electrons. The summed E-state index contributed by atoms with van der Waals surface area (Å²) >= 11 is 0. The largest absolute Gasteiger partial charge is 0.452 e. The summed E-state index contributed by atoms with van der Waals surface area (Å²) in [6.07, 6.45) is 0.891. The van der Waals surface area contributed by atoms with E-state index in [2.05, 4.69) is 0 Å².